The zero-order valence-corrected chi connectivity index (χ0v) is 25.2. The molecule has 1 atom stereocenters. The molecule has 3 heterocycles. The first-order chi connectivity index (χ1) is 19.3. The van der Waals surface area contributed by atoms with Crippen molar-refractivity contribution in [3.8, 4) is 0 Å². The molecule has 1 fully saturated rings. The summed E-state index contributed by atoms with van der Waals surface area (Å²) in [6, 6.07) is 8.50. The van der Waals surface area contributed by atoms with E-state index < -0.39 is 12.3 Å². The second-order valence-corrected chi connectivity index (χ2v) is 13.3. The van der Waals surface area contributed by atoms with E-state index in [1.165, 1.54) is 12.1 Å². The highest BCUT2D eigenvalue weighted by atomic mass is 32.1. The van der Waals surface area contributed by atoms with Crippen LogP contribution in [-0.2, 0) is 17.9 Å². The molecule has 0 aliphatic carbocycles. The number of thiophene rings is 1. The Hall–Kier alpha value is -3.31. The van der Waals surface area contributed by atoms with Crippen molar-refractivity contribution in [3.05, 3.63) is 57.4 Å². The molecule has 1 aliphatic heterocycles. The van der Waals surface area contributed by atoms with Gasteiger partial charge in [0.05, 0.1) is 32.5 Å². The van der Waals surface area contributed by atoms with Crippen LogP contribution in [0.4, 0.5) is 14.7 Å². The first-order valence-electron chi connectivity index (χ1n) is 14.0. The van der Waals surface area contributed by atoms with Gasteiger partial charge in [0, 0.05) is 26.2 Å². The van der Waals surface area contributed by atoms with E-state index in [-0.39, 0.29) is 38.7 Å². The van der Waals surface area contributed by atoms with Crippen LogP contribution in [0, 0.1) is 11.3 Å². The van der Waals surface area contributed by atoms with E-state index in [0.29, 0.717) is 31.1 Å². The molecule has 3 aromatic rings. The molecule has 0 radical (unpaired) electrons. The molecular weight excluding hydrogens is 546 g/mol. The summed E-state index contributed by atoms with van der Waals surface area (Å²) in [5.74, 6) is -0.244. The van der Waals surface area contributed by atoms with Gasteiger partial charge in [0.1, 0.15) is 0 Å². The van der Waals surface area contributed by atoms with Gasteiger partial charge < -0.3 is 20.5 Å². The summed E-state index contributed by atoms with van der Waals surface area (Å²) in [6.07, 6.45) is 0.750. The van der Waals surface area contributed by atoms with E-state index in [4.69, 9.17) is 10.7 Å². The highest BCUT2D eigenvalue weighted by molar-refractivity contribution is 7.14. The largest absolute Gasteiger partial charge is 0.395 e. The molecule has 0 spiro atoms. The molecule has 4 rings (SSSR count). The molecule has 41 heavy (non-hydrogen) atoms. The molecule has 4 N–H and O–H groups in total. The number of nitrogens with one attached hydrogen (secondary N) is 2. The molecule has 1 saturated heterocycles. The maximum atomic E-state index is 13.2. The number of fused-ring (bicyclic) bond motifs is 1. The van der Waals surface area contributed by atoms with Crippen molar-refractivity contribution >= 4 is 40.1 Å². The maximum Gasteiger partial charge on any atom is 0.272 e. The number of allylic oxidation sites excluding steroid dienone is 1. The molecule has 0 unspecified atom stereocenters. The van der Waals surface area contributed by atoms with E-state index in [1.807, 2.05) is 36.6 Å². The Morgan fingerprint density at radius 1 is 1.22 bits per heavy atom. The standard InChI is InChI=1S/C30H40F2N6O2S/c1-18(2)13-21(33)28(40)37-12-6-7-20(37)16-38-23-9-8-19(15-34-17-30(3,4)5)14-22(23)35-29(38)36-27(39)25-11-10-24(41-25)26(31)32/h8-11,13-14,18,20,26,34H,6-7,12,15-17,33H2,1-5H3,(H,35,36,39)/b21-13-/t20-/m1/s1. The number of halogens is 2. The molecule has 222 valence electrons. The summed E-state index contributed by atoms with van der Waals surface area (Å²) in [4.78, 5) is 32.8. The number of benzene rings is 1. The lowest BCUT2D eigenvalue weighted by Crippen LogP contribution is -2.40. The van der Waals surface area contributed by atoms with Gasteiger partial charge in [-0.25, -0.2) is 13.8 Å². The Morgan fingerprint density at radius 3 is 2.63 bits per heavy atom. The summed E-state index contributed by atoms with van der Waals surface area (Å²) in [5.41, 5.74) is 9.06. The van der Waals surface area contributed by atoms with E-state index in [0.717, 1.165) is 41.8 Å². The fraction of sp³-hybridized carbons (Fsp3) is 0.500. The van der Waals surface area contributed by atoms with Crippen LogP contribution in [-0.4, -0.2) is 45.4 Å². The van der Waals surface area contributed by atoms with Crippen LogP contribution in [0.25, 0.3) is 11.0 Å². The number of rotatable bonds is 10. The molecule has 1 aromatic carbocycles. The molecule has 1 aliphatic rings. The first kappa shape index (κ1) is 30.6. The quantitative estimate of drug-likeness (QED) is 0.256. The second-order valence-electron chi connectivity index (χ2n) is 12.2. The van der Waals surface area contributed by atoms with Crippen molar-refractivity contribution in [1.82, 2.24) is 19.8 Å². The number of alkyl halides is 2. The van der Waals surface area contributed by atoms with Crippen molar-refractivity contribution in [1.29, 1.82) is 0 Å². The highest BCUT2D eigenvalue weighted by Gasteiger charge is 2.31. The summed E-state index contributed by atoms with van der Waals surface area (Å²) >= 11 is 0.759. The van der Waals surface area contributed by atoms with Crippen LogP contribution in [0.3, 0.4) is 0 Å². The van der Waals surface area contributed by atoms with Crippen molar-refractivity contribution < 1.29 is 18.4 Å². The van der Waals surface area contributed by atoms with Crippen LogP contribution in [0.1, 0.15) is 74.0 Å². The van der Waals surface area contributed by atoms with Crippen molar-refractivity contribution in [2.45, 2.75) is 73.0 Å². The average molecular weight is 587 g/mol. The molecule has 0 bridgehead atoms. The summed E-state index contributed by atoms with van der Waals surface area (Å²) in [6.45, 7) is 13.0. The zero-order chi connectivity index (χ0) is 29.9. The number of likely N-dealkylation sites (tertiary alicyclic amines) is 1. The van der Waals surface area contributed by atoms with Crippen LogP contribution in [0.15, 0.2) is 42.1 Å². The van der Waals surface area contributed by atoms with Crippen molar-refractivity contribution in [2.75, 3.05) is 18.4 Å². The number of hydrogen-bond acceptors (Lipinski definition) is 6. The number of nitrogens with zero attached hydrogens (tertiary/aromatic N) is 3. The molecule has 11 heteroatoms. The Labute approximate surface area is 244 Å². The molecular formula is C30H40F2N6O2S. The summed E-state index contributed by atoms with van der Waals surface area (Å²) in [5, 5.41) is 6.31. The highest BCUT2D eigenvalue weighted by Crippen LogP contribution is 2.30. The summed E-state index contributed by atoms with van der Waals surface area (Å²) < 4.78 is 28.2. The van der Waals surface area contributed by atoms with Crippen LogP contribution >= 0.6 is 11.3 Å². The number of anilines is 1. The van der Waals surface area contributed by atoms with Crippen molar-refractivity contribution in [2.24, 2.45) is 17.1 Å². The van der Waals surface area contributed by atoms with Gasteiger partial charge in [-0.15, -0.1) is 11.3 Å². The number of aromatic nitrogens is 2. The zero-order valence-electron chi connectivity index (χ0n) is 24.3. The molecule has 2 aromatic heterocycles. The third kappa shape index (κ3) is 7.71. The SMILES string of the molecule is CC(C)/C=C(\N)C(=O)N1CCC[C@@H]1Cn1c(NC(=O)c2ccc(C(F)F)s2)nc2cc(CNCC(C)(C)C)ccc21. The number of carbonyl (C=O) groups is 2. The van der Waals surface area contributed by atoms with Gasteiger partial charge >= 0.3 is 0 Å². The minimum atomic E-state index is -2.64. The third-order valence-corrected chi connectivity index (χ3v) is 7.97. The first-order valence-corrected chi connectivity index (χ1v) is 14.8. The van der Waals surface area contributed by atoms with E-state index in [1.54, 1.807) is 11.0 Å². The van der Waals surface area contributed by atoms with Gasteiger partial charge in [0.25, 0.3) is 18.2 Å². The predicted octanol–water partition coefficient (Wildman–Crippen LogP) is 5.91. The van der Waals surface area contributed by atoms with Crippen LogP contribution in [0.2, 0.25) is 0 Å². The molecule has 8 nitrogen and oxygen atoms in total. The Kier molecular flexibility index (Phi) is 9.48. The fourth-order valence-electron chi connectivity index (χ4n) is 5.00. The number of hydrogen-bond donors (Lipinski definition) is 3. The minimum Gasteiger partial charge on any atom is -0.395 e. The fourth-order valence-corrected chi connectivity index (χ4v) is 5.76. The van der Waals surface area contributed by atoms with E-state index >= 15 is 0 Å². The predicted molar refractivity (Wildman–Crippen MR) is 160 cm³/mol. The van der Waals surface area contributed by atoms with Gasteiger partial charge in [0.15, 0.2) is 0 Å². The number of imidazole rings is 1. The lowest BCUT2D eigenvalue weighted by Gasteiger charge is -2.26. The average Bonchev–Trinajstić information content (AvgIpc) is 3.62. The molecule has 0 saturated carbocycles. The summed E-state index contributed by atoms with van der Waals surface area (Å²) in [7, 11) is 0. The number of nitrogens with two attached hydrogens (primary N) is 1. The smallest absolute Gasteiger partial charge is 0.272 e. The van der Waals surface area contributed by atoms with E-state index in [2.05, 4.69) is 31.4 Å². The van der Waals surface area contributed by atoms with Gasteiger partial charge in [-0.05, 0) is 54.0 Å². The maximum absolute atomic E-state index is 13.2. The minimum absolute atomic E-state index is 0.144. The van der Waals surface area contributed by atoms with Crippen LogP contribution < -0.4 is 16.4 Å². The third-order valence-electron chi connectivity index (χ3n) is 6.88. The Bertz CT molecular complexity index is 1420. The van der Waals surface area contributed by atoms with Gasteiger partial charge in [-0.2, -0.15) is 0 Å². The Morgan fingerprint density at radius 2 is 1.98 bits per heavy atom. The number of amides is 2. The lowest BCUT2D eigenvalue weighted by molar-refractivity contribution is -0.128. The lowest BCUT2D eigenvalue weighted by atomic mass is 9.97. The van der Waals surface area contributed by atoms with Gasteiger partial charge in [-0.1, -0.05) is 46.8 Å². The second kappa shape index (κ2) is 12.7. The monoisotopic (exact) mass is 586 g/mol. The molecule has 2 amide bonds. The van der Waals surface area contributed by atoms with E-state index in [9.17, 15) is 18.4 Å². The van der Waals surface area contributed by atoms with Crippen molar-refractivity contribution in [3.63, 3.8) is 0 Å². The van der Waals surface area contributed by atoms with Gasteiger partial charge in [0.2, 0.25) is 5.95 Å². The topological polar surface area (TPSA) is 105 Å². The normalized spacial score (nSPS) is 16.4. The van der Waals surface area contributed by atoms with Crippen LogP contribution in [0.5, 0.6) is 0 Å². The Balaban J connectivity index is 1.64. The van der Waals surface area contributed by atoms with Gasteiger partial charge in [-0.3, -0.25) is 14.9 Å². The number of carbonyl (C=O) groups excluding carboxylic acids is 2.